The third kappa shape index (κ3) is 37.9. The van der Waals surface area contributed by atoms with Gasteiger partial charge in [-0.3, -0.25) is 14.2 Å². The Labute approximate surface area is 573 Å². The Kier molecular flexibility index (Phi) is 48.4. The summed E-state index contributed by atoms with van der Waals surface area (Å²) in [6.07, 6.45) is 63.7. The molecule has 1 aliphatic rings. The fourth-order valence-corrected chi connectivity index (χ4v) is 12.8. The lowest BCUT2D eigenvalue weighted by Gasteiger charge is -2.19. The first-order valence-electron chi connectivity index (χ1n) is 39.3. The van der Waals surface area contributed by atoms with E-state index in [1.807, 2.05) is 38.1 Å². The summed E-state index contributed by atoms with van der Waals surface area (Å²) in [6.45, 7) is 10.0. The SMILES string of the molecule is CCCCCCCCCCCCCCCCCCOc1cc(COC(=O)CCC(=O)O[C@@H]2C[C@H](n3cnc4c(/N=C(/C)N(C)C)ncnc43)O[C@@H]2CO)cc(OCCCCCCCCCCCCCCCCCC)c1OCCCCCCCCCCCCCCCCCC. The first kappa shape index (κ1) is 81.9. The van der Waals surface area contributed by atoms with Crippen LogP contribution in [0.3, 0.4) is 0 Å². The van der Waals surface area contributed by atoms with Crippen molar-refractivity contribution in [2.45, 2.75) is 380 Å². The highest BCUT2D eigenvalue weighted by atomic mass is 16.6. The lowest BCUT2D eigenvalue weighted by Crippen LogP contribution is -2.30. The Bertz CT molecular complexity index is 2300. The molecule has 3 atom stereocenters. The molecule has 1 saturated heterocycles. The van der Waals surface area contributed by atoms with Crippen molar-refractivity contribution in [3.8, 4) is 17.2 Å². The number of carbonyl (C=O) groups is 2. The van der Waals surface area contributed by atoms with Gasteiger partial charge < -0.3 is 38.4 Å². The minimum atomic E-state index is -0.782. The third-order valence-electron chi connectivity index (χ3n) is 19.0. The van der Waals surface area contributed by atoms with Gasteiger partial charge in [0, 0.05) is 20.5 Å². The molecule has 94 heavy (non-hydrogen) atoms. The zero-order chi connectivity index (χ0) is 67.2. The number of amidine groups is 1. The fraction of sp³-hybridized carbons (Fsp3) is 0.823. The van der Waals surface area contributed by atoms with Crippen molar-refractivity contribution < 1.29 is 43.1 Å². The molecule has 4 rings (SSSR count). The monoisotopic (exact) mass is 1320 g/mol. The molecule has 0 saturated carbocycles. The Hall–Kier alpha value is -4.50. The van der Waals surface area contributed by atoms with E-state index in [0.717, 1.165) is 49.9 Å². The maximum Gasteiger partial charge on any atom is 0.306 e. The van der Waals surface area contributed by atoms with Gasteiger partial charge in [-0.25, -0.2) is 19.9 Å². The predicted molar refractivity (Wildman–Crippen MR) is 388 cm³/mol. The topological polar surface area (TPSA) is 169 Å². The molecule has 0 bridgehead atoms. The number of rotatable bonds is 63. The van der Waals surface area contributed by atoms with E-state index in [9.17, 15) is 14.7 Å². The van der Waals surface area contributed by atoms with Gasteiger partial charge in [-0.1, -0.05) is 310 Å². The quantitative estimate of drug-likeness (QED) is 0.0245. The second-order valence-electron chi connectivity index (χ2n) is 27.7. The van der Waals surface area contributed by atoms with E-state index in [0.29, 0.717) is 54.1 Å². The zero-order valence-corrected chi connectivity index (χ0v) is 61.0. The minimum absolute atomic E-state index is 0.0208. The summed E-state index contributed by atoms with van der Waals surface area (Å²) < 4.78 is 39.6. The number of esters is 2. The molecule has 15 nitrogen and oxygen atoms in total. The standard InChI is InChI=1S/C79H138N6O9/c1-7-10-13-16-19-22-25-28-31-34-37-40-43-46-49-52-57-89-70-60-68(64-92-74(87)55-56-75(88)94-69-62-73(93-72(69)63-86)85-66-82-76-78(80-65-81-79(76)85)83-67(4)84(5)6)61-71(90-58-53-50-47-44-41-38-35-32-29-26-23-20-17-14-11-8-2)77(70)91-59-54-51-48-45-42-39-36-33-30-27-24-21-18-15-12-9-3/h60-61,65-66,69,72-73,86H,7-59,62-64H2,1-6H3/b83-67-/t69-,72-,73-/m1/s1. The minimum Gasteiger partial charge on any atom is -0.490 e. The van der Waals surface area contributed by atoms with Gasteiger partial charge in [-0.05, 0) is 43.9 Å². The number of ether oxygens (including phenoxy) is 6. The van der Waals surface area contributed by atoms with Crippen molar-refractivity contribution in [2.75, 3.05) is 40.5 Å². The molecule has 0 spiro atoms. The van der Waals surface area contributed by atoms with Gasteiger partial charge in [0.1, 0.15) is 37.2 Å². The van der Waals surface area contributed by atoms with Crippen LogP contribution in [0.5, 0.6) is 17.2 Å². The van der Waals surface area contributed by atoms with Gasteiger partial charge in [0.2, 0.25) is 5.75 Å². The van der Waals surface area contributed by atoms with Gasteiger partial charge >= 0.3 is 11.9 Å². The zero-order valence-electron chi connectivity index (χ0n) is 61.0. The van der Waals surface area contributed by atoms with Crippen LogP contribution in [0.1, 0.15) is 367 Å². The van der Waals surface area contributed by atoms with Crippen molar-refractivity contribution >= 4 is 34.8 Å². The summed E-state index contributed by atoms with van der Waals surface area (Å²) in [6, 6.07) is 3.89. The third-order valence-corrected chi connectivity index (χ3v) is 19.0. The molecule has 0 unspecified atom stereocenters. The highest BCUT2D eigenvalue weighted by Gasteiger charge is 2.39. The van der Waals surface area contributed by atoms with E-state index >= 15 is 0 Å². The Morgan fingerprint density at radius 3 is 1.28 bits per heavy atom. The molecule has 15 heteroatoms. The number of imidazole rings is 1. The molecule has 0 radical (unpaired) electrons. The Morgan fingerprint density at radius 2 is 0.894 bits per heavy atom. The van der Waals surface area contributed by atoms with E-state index in [-0.39, 0.29) is 32.5 Å². The van der Waals surface area contributed by atoms with Crippen LogP contribution < -0.4 is 14.2 Å². The second kappa shape index (κ2) is 55.5. The molecule has 3 heterocycles. The molecule has 1 aromatic carbocycles. The van der Waals surface area contributed by atoms with E-state index in [4.69, 9.17) is 28.4 Å². The number of aliphatic hydroxyl groups excluding tert-OH is 1. The molecular weight excluding hydrogens is 1180 g/mol. The maximum atomic E-state index is 13.4. The number of nitrogens with zero attached hydrogens (tertiary/aromatic N) is 6. The van der Waals surface area contributed by atoms with Crippen molar-refractivity contribution in [3.05, 3.63) is 30.4 Å². The highest BCUT2D eigenvalue weighted by molar-refractivity contribution is 5.88. The summed E-state index contributed by atoms with van der Waals surface area (Å²) in [5.41, 5.74) is 1.74. The summed E-state index contributed by atoms with van der Waals surface area (Å²) in [7, 11) is 3.80. The maximum absolute atomic E-state index is 13.4. The second-order valence-corrected chi connectivity index (χ2v) is 27.7. The first-order chi connectivity index (χ1) is 46.2. The normalized spacial score (nSPS) is 14.9. The summed E-state index contributed by atoms with van der Waals surface area (Å²) in [4.78, 5) is 46.6. The van der Waals surface area contributed by atoms with Crippen LogP contribution in [0.4, 0.5) is 5.82 Å². The van der Waals surface area contributed by atoms with Crippen LogP contribution in [0.15, 0.2) is 29.8 Å². The van der Waals surface area contributed by atoms with Crippen molar-refractivity contribution in [3.63, 3.8) is 0 Å². The lowest BCUT2D eigenvalue weighted by atomic mass is 10.0. The first-order valence-corrected chi connectivity index (χ1v) is 39.3. The molecule has 538 valence electrons. The van der Waals surface area contributed by atoms with Gasteiger partial charge in [-0.15, -0.1) is 0 Å². The summed E-state index contributed by atoms with van der Waals surface area (Å²) in [5, 5.41) is 10.3. The predicted octanol–water partition coefficient (Wildman–Crippen LogP) is 22.1. The number of carbonyl (C=O) groups excluding carboxylic acids is 2. The van der Waals surface area contributed by atoms with E-state index in [2.05, 4.69) is 40.7 Å². The Morgan fingerprint density at radius 1 is 0.521 bits per heavy atom. The molecule has 1 N–H and O–H groups in total. The number of aromatic nitrogens is 4. The van der Waals surface area contributed by atoms with E-state index < -0.39 is 30.4 Å². The van der Waals surface area contributed by atoms with Crippen molar-refractivity contribution in [1.29, 1.82) is 0 Å². The van der Waals surface area contributed by atoms with Crippen LogP contribution in [0.25, 0.3) is 11.2 Å². The average molecular weight is 1320 g/mol. The summed E-state index contributed by atoms with van der Waals surface area (Å²) in [5.74, 6) is 1.94. The molecule has 0 amide bonds. The lowest BCUT2D eigenvalue weighted by molar-refractivity contribution is -0.157. The van der Waals surface area contributed by atoms with Gasteiger partial charge in [0.15, 0.2) is 28.5 Å². The van der Waals surface area contributed by atoms with Crippen molar-refractivity contribution in [1.82, 2.24) is 24.4 Å². The smallest absolute Gasteiger partial charge is 0.306 e. The average Bonchev–Trinajstić information content (AvgIpc) is 1.96. The van der Waals surface area contributed by atoms with Crippen LogP contribution in [0.2, 0.25) is 0 Å². The number of unbranched alkanes of at least 4 members (excludes halogenated alkanes) is 45. The van der Waals surface area contributed by atoms with Crippen molar-refractivity contribution in [2.24, 2.45) is 4.99 Å². The number of aliphatic hydroxyl groups is 1. The van der Waals surface area contributed by atoms with E-state index in [1.165, 1.54) is 276 Å². The molecule has 3 aromatic rings. The van der Waals surface area contributed by atoms with Gasteiger partial charge in [0.05, 0.1) is 45.6 Å². The van der Waals surface area contributed by atoms with E-state index in [1.54, 1.807) is 10.9 Å². The number of hydrogen-bond acceptors (Lipinski definition) is 13. The number of fused-ring (bicyclic) bond motifs is 1. The van der Waals surface area contributed by atoms with Crippen LogP contribution >= 0.6 is 0 Å². The largest absolute Gasteiger partial charge is 0.490 e. The molecule has 2 aromatic heterocycles. The summed E-state index contributed by atoms with van der Waals surface area (Å²) >= 11 is 0. The molecule has 1 aliphatic heterocycles. The number of hydrogen-bond donors (Lipinski definition) is 1. The highest BCUT2D eigenvalue weighted by Crippen LogP contribution is 2.40. The fourth-order valence-electron chi connectivity index (χ4n) is 12.8. The molecule has 1 fully saturated rings. The number of aliphatic imine (C=N–C) groups is 1. The van der Waals surface area contributed by atoms with Gasteiger partial charge in [-0.2, -0.15) is 0 Å². The number of benzene rings is 1. The van der Waals surface area contributed by atoms with Crippen LogP contribution in [0, 0.1) is 0 Å². The van der Waals surface area contributed by atoms with Crippen LogP contribution in [-0.2, 0) is 30.4 Å². The molecule has 0 aliphatic carbocycles. The van der Waals surface area contributed by atoms with Crippen LogP contribution in [-0.4, -0.2) is 100 Å². The van der Waals surface area contributed by atoms with Gasteiger partial charge in [0.25, 0.3) is 0 Å². The Balaban J connectivity index is 1.33. The molecular formula is C79H138N6O9.